The van der Waals surface area contributed by atoms with Crippen LogP contribution in [0.3, 0.4) is 0 Å². The summed E-state index contributed by atoms with van der Waals surface area (Å²) >= 11 is 1.45. The van der Waals surface area contributed by atoms with Gasteiger partial charge in [0.25, 0.3) is 5.91 Å². The maximum absolute atomic E-state index is 12.2. The van der Waals surface area contributed by atoms with Crippen LogP contribution in [0, 0.1) is 0 Å². The van der Waals surface area contributed by atoms with Gasteiger partial charge in [-0.25, -0.2) is 4.98 Å². The van der Waals surface area contributed by atoms with Gasteiger partial charge in [0.2, 0.25) is 0 Å². The quantitative estimate of drug-likeness (QED) is 0.724. The number of aromatic nitrogens is 2. The molecule has 2 heterocycles. The molecule has 0 fully saturated rings. The standard InChI is InChI=1S/C18H19N3O2S/c1-21-11-5-8-15(21)16(22)9-10-19-17(23)14-12-24-18(20-14)13-6-3-2-4-7-13/h2-8,11-12,16,22H,9-10H2,1H3,(H,19,23)/t16-/m1/s1. The maximum Gasteiger partial charge on any atom is 0.270 e. The zero-order chi connectivity index (χ0) is 16.9. The van der Waals surface area contributed by atoms with Crippen LogP contribution in [0.2, 0.25) is 0 Å². The molecule has 0 aliphatic carbocycles. The van der Waals surface area contributed by atoms with Crippen molar-refractivity contribution in [2.75, 3.05) is 6.54 Å². The zero-order valence-corrected chi connectivity index (χ0v) is 14.2. The fraction of sp³-hybridized carbons (Fsp3) is 0.222. The SMILES string of the molecule is Cn1cccc1[C@H](O)CCNC(=O)c1csc(-c2ccccc2)n1. The molecule has 124 valence electrons. The zero-order valence-electron chi connectivity index (χ0n) is 13.3. The van der Waals surface area contributed by atoms with E-state index >= 15 is 0 Å². The van der Waals surface area contributed by atoms with Crippen molar-refractivity contribution in [3.63, 3.8) is 0 Å². The van der Waals surface area contributed by atoms with Gasteiger partial charge in [-0.2, -0.15) is 0 Å². The van der Waals surface area contributed by atoms with Crippen LogP contribution in [-0.4, -0.2) is 27.1 Å². The third-order valence-corrected chi connectivity index (χ3v) is 4.68. The Morgan fingerprint density at radius 3 is 2.79 bits per heavy atom. The Bertz CT molecular complexity index is 811. The molecule has 0 saturated heterocycles. The van der Waals surface area contributed by atoms with Gasteiger partial charge in [-0.3, -0.25) is 4.79 Å². The Morgan fingerprint density at radius 1 is 1.29 bits per heavy atom. The lowest BCUT2D eigenvalue weighted by molar-refractivity contribution is 0.0937. The molecule has 1 amide bonds. The molecule has 0 spiro atoms. The fourth-order valence-electron chi connectivity index (χ4n) is 2.47. The van der Waals surface area contributed by atoms with Gasteiger partial charge in [-0.1, -0.05) is 30.3 Å². The first-order valence-corrected chi connectivity index (χ1v) is 8.61. The van der Waals surface area contributed by atoms with Crippen LogP contribution in [0.15, 0.2) is 54.0 Å². The van der Waals surface area contributed by atoms with Gasteiger partial charge in [-0.05, 0) is 18.6 Å². The lowest BCUT2D eigenvalue weighted by atomic mass is 10.2. The molecule has 1 atom stereocenters. The second-order valence-electron chi connectivity index (χ2n) is 5.51. The predicted molar refractivity (Wildman–Crippen MR) is 94.9 cm³/mol. The maximum atomic E-state index is 12.2. The Labute approximate surface area is 144 Å². The van der Waals surface area contributed by atoms with Crippen molar-refractivity contribution in [2.45, 2.75) is 12.5 Å². The Balaban J connectivity index is 1.54. The summed E-state index contributed by atoms with van der Waals surface area (Å²) in [6.07, 6.45) is 1.75. The second kappa shape index (κ2) is 7.42. The number of nitrogens with zero attached hydrogens (tertiary/aromatic N) is 2. The molecule has 5 nitrogen and oxygen atoms in total. The summed E-state index contributed by atoms with van der Waals surface area (Å²) in [4.78, 5) is 16.6. The molecule has 0 aliphatic heterocycles. The third kappa shape index (κ3) is 3.72. The van der Waals surface area contributed by atoms with E-state index in [-0.39, 0.29) is 5.91 Å². The van der Waals surface area contributed by atoms with Crippen LogP contribution < -0.4 is 5.32 Å². The number of benzene rings is 1. The summed E-state index contributed by atoms with van der Waals surface area (Å²) in [5, 5.41) is 15.5. The third-order valence-electron chi connectivity index (χ3n) is 3.79. The number of hydrogen-bond acceptors (Lipinski definition) is 4. The number of aryl methyl sites for hydroxylation is 1. The lowest BCUT2D eigenvalue weighted by Crippen LogP contribution is -2.26. The molecular weight excluding hydrogens is 322 g/mol. The number of thiazole rings is 1. The number of nitrogens with one attached hydrogen (secondary N) is 1. The predicted octanol–water partition coefficient (Wildman–Crippen LogP) is 3.00. The van der Waals surface area contributed by atoms with Gasteiger partial charge in [0.05, 0.1) is 6.10 Å². The van der Waals surface area contributed by atoms with E-state index in [4.69, 9.17) is 0 Å². The second-order valence-corrected chi connectivity index (χ2v) is 6.37. The molecule has 3 aromatic rings. The number of hydrogen-bond donors (Lipinski definition) is 2. The van der Waals surface area contributed by atoms with Crippen molar-refractivity contribution in [2.24, 2.45) is 7.05 Å². The highest BCUT2D eigenvalue weighted by Crippen LogP contribution is 2.23. The van der Waals surface area contributed by atoms with Crippen molar-refractivity contribution in [3.05, 3.63) is 65.4 Å². The summed E-state index contributed by atoms with van der Waals surface area (Å²) < 4.78 is 1.87. The van der Waals surface area contributed by atoms with Crippen molar-refractivity contribution in [1.82, 2.24) is 14.9 Å². The van der Waals surface area contributed by atoms with E-state index < -0.39 is 6.10 Å². The highest BCUT2D eigenvalue weighted by molar-refractivity contribution is 7.13. The molecule has 0 saturated carbocycles. The molecule has 0 aliphatic rings. The van der Waals surface area contributed by atoms with Gasteiger partial charge in [0.1, 0.15) is 10.7 Å². The van der Waals surface area contributed by atoms with E-state index in [1.807, 2.05) is 60.3 Å². The Kier molecular flexibility index (Phi) is 5.08. The summed E-state index contributed by atoms with van der Waals surface area (Å²) in [6, 6.07) is 13.5. The summed E-state index contributed by atoms with van der Waals surface area (Å²) in [5.41, 5.74) is 2.25. The first-order chi connectivity index (χ1) is 11.6. The van der Waals surface area contributed by atoms with Crippen LogP contribution in [0.25, 0.3) is 10.6 Å². The molecule has 24 heavy (non-hydrogen) atoms. The van der Waals surface area contributed by atoms with Crippen molar-refractivity contribution >= 4 is 17.2 Å². The van der Waals surface area contributed by atoms with Gasteiger partial charge in [0.15, 0.2) is 0 Å². The van der Waals surface area contributed by atoms with Crippen LogP contribution in [0.1, 0.15) is 28.7 Å². The number of carbonyl (C=O) groups excluding carboxylic acids is 1. The van der Waals surface area contributed by atoms with E-state index in [1.54, 1.807) is 5.38 Å². The molecule has 3 rings (SSSR count). The largest absolute Gasteiger partial charge is 0.387 e. The molecule has 2 N–H and O–H groups in total. The van der Waals surface area contributed by atoms with Gasteiger partial charge >= 0.3 is 0 Å². The Morgan fingerprint density at radius 2 is 2.08 bits per heavy atom. The molecule has 0 bridgehead atoms. The minimum atomic E-state index is -0.597. The van der Waals surface area contributed by atoms with E-state index in [9.17, 15) is 9.90 Å². The summed E-state index contributed by atoms with van der Waals surface area (Å²) in [5.74, 6) is -0.215. The molecule has 0 radical (unpaired) electrons. The van der Waals surface area contributed by atoms with Crippen molar-refractivity contribution in [3.8, 4) is 10.6 Å². The number of aliphatic hydroxyl groups is 1. The normalized spacial score (nSPS) is 12.1. The van der Waals surface area contributed by atoms with Crippen molar-refractivity contribution in [1.29, 1.82) is 0 Å². The molecular formula is C18H19N3O2S. The molecule has 6 heteroatoms. The first-order valence-electron chi connectivity index (χ1n) is 7.73. The smallest absolute Gasteiger partial charge is 0.270 e. The number of rotatable bonds is 6. The van der Waals surface area contributed by atoms with E-state index in [0.29, 0.717) is 18.7 Å². The topological polar surface area (TPSA) is 67.2 Å². The van der Waals surface area contributed by atoms with E-state index in [1.165, 1.54) is 11.3 Å². The number of aliphatic hydroxyl groups excluding tert-OH is 1. The van der Waals surface area contributed by atoms with Crippen LogP contribution in [-0.2, 0) is 7.05 Å². The number of amides is 1. The summed E-state index contributed by atoms with van der Waals surface area (Å²) in [6.45, 7) is 0.392. The molecule has 0 unspecified atom stereocenters. The molecule has 2 aromatic heterocycles. The van der Waals surface area contributed by atoms with Gasteiger partial charge in [0, 0.05) is 36.4 Å². The van der Waals surface area contributed by atoms with E-state index in [0.717, 1.165) is 16.3 Å². The van der Waals surface area contributed by atoms with Crippen molar-refractivity contribution < 1.29 is 9.90 Å². The Hall–Kier alpha value is -2.44. The van der Waals surface area contributed by atoms with E-state index in [2.05, 4.69) is 10.3 Å². The van der Waals surface area contributed by atoms with Gasteiger partial charge < -0.3 is 15.0 Å². The number of carbonyl (C=O) groups is 1. The highest BCUT2D eigenvalue weighted by atomic mass is 32.1. The fourth-order valence-corrected chi connectivity index (χ4v) is 3.28. The average Bonchev–Trinajstić information content (AvgIpc) is 3.24. The minimum Gasteiger partial charge on any atom is -0.387 e. The van der Waals surface area contributed by atoms with Crippen LogP contribution in [0.4, 0.5) is 0 Å². The monoisotopic (exact) mass is 341 g/mol. The summed E-state index contributed by atoms with van der Waals surface area (Å²) in [7, 11) is 1.89. The van der Waals surface area contributed by atoms with Gasteiger partial charge in [-0.15, -0.1) is 11.3 Å². The lowest BCUT2D eigenvalue weighted by Gasteiger charge is -2.12. The average molecular weight is 341 g/mol. The highest BCUT2D eigenvalue weighted by Gasteiger charge is 2.14. The van der Waals surface area contributed by atoms with Crippen LogP contribution in [0.5, 0.6) is 0 Å². The first kappa shape index (κ1) is 16.4. The minimum absolute atomic E-state index is 0.215. The van der Waals surface area contributed by atoms with Crippen LogP contribution >= 0.6 is 11.3 Å². The molecule has 1 aromatic carbocycles.